The highest BCUT2D eigenvalue weighted by molar-refractivity contribution is 7.92. The quantitative estimate of drug-likeness (QED) is 0.163. The van der Waals surface area contributed by atoms with Crippen LogP contribution in [0.1, 0.15) is 37.0 Å². The van der Waals surface area contributed by atoms with Crippen LogP contribution in [-0.2, 0) is 32.6 Å². The van der Waals surface area contributed by atoms with Crippen molar-refractivity contribution >= 4 is 39.1 Å². The molecule has 0 fully saturated rings. The molecule has 0 aliphatic rings. The van der Waals surface area contributed by atoms with E-state index in [-0.39, 0.29) is 40.2 Å². The molecule has 2 amide bonds. The van der Waals surface area contributed by atoms with Crippen LogP contribution in [0.25, 0.3) is 0 Å². The molecule has 0 saturated heterocycles. The Bertz CT molecular complexity index is 1790. The molecule has 2 atom stereocenters. The third-order valence-corrected chi connectivity index (χ3v) is 9.97. The van der Waals surface area contributed by atoms with E-state index in [0.717, 1.165) is 15.4 Å². The lowest BCUT2D eigenvalue weighted by atomic mass is 10.0. The Kier molecular flexibility index (Phi) is 12.0. The number of halogens is 2. The number of nitrogens with zero attached hydrogens (tertiary/aromatic N) is 2. The number of sulfonamides is 1. The lowest BCUT2D eigenvalue weighted by Crippen LogP contribution is -2.54. The van der Waals surface area contributed by atoms with Crippen LogP contribution in [0.3, 0.4) is 0 Å². The fourth-order valence-corrected chi connectivity index (χ4v) is 6.64. The van der Waals surface area contributed by atoms with Crippen LogP contribution in [0.15, 0.2) is 102 Å². The Morgan fingerprint density at radius 2 is 1.62 bits per heavy atom. The molecule has 0 aliphatic carbocycles. The van der Waals surface area contributed by atoms with Gasteiger partial charge in [-0.15, -0.1) is 0 Å². The molecule has 0 unspecified atom stereocenters. The van der Waals surface area contributed by atoms with Crippen molar-refractivity contribution in [1.29, 1.82) is 0 Å². The Morgan fingerprint density at radius 1 is 0.957 bits per heavy atom. The molecule has 4 aromatic carbocycles. The summed E-state index contributed by atoms with van der Waals surface area (Å²) >= 11 is 6.42. The number of anilines is 1. The number of carbonyl (C=O) groups is 2. The minimum atomic E-state index is -4.33. The summed E-state index contributed by atoms with van der Waals surface area (Å²) in [4.78, 5) is 29.6. The maximum absolute atomic E-state index is 15.1. The maximum Gasteiger partial charge on any atom is 0.264 e. The molecule has 0 radical (unpaired) electrons. The fourth-order valence-electron chi connectivity index (χ4n) is 4.98. The molecule has 0 aromatic heterocycles. The van der Waals surface area contributed by atoms with Gasteiger partial charge in [-0.1, -0.05) is 84.8 Å². The molecule has 0 spiro atoms. The summed E-state index contributed by atoms with van der Waals surface area (Å²) in [5.41, 5.74) is 1.91. The summed E-state index contributed by atoms with van der Waals surface area (Å²) in [7, 11) is -2.90. The van der Waals surface area contributed by atoms with E-state index >= 15 is 4.39 Å². The molecule has 1 N–H and O–H groups in total. The molecular formula is C36H39ClFN3O5S. The minimum absolute atomic E-state index is 0.0427. The van der Waals surface area contributed by atoms with Gasteiger partial charge in [0.1, 0.15) is 24.2 Å². The third-order valence-electron chi connectivity index (χ3n) is 7.88. The van der Waals surface area contributed by atoms with Gasteiger partial charge in [0.25, 0.3) is 10.0 Å². The predicted octanol–water partition coefficient (Wildman–Crippen LogP) is 6.55. The highest BCUT2D eigenvalue weighted by Gasteiger charge is 2.35. The van der Waals surface area contributed by atoms with E-state index in [1.165, 1.54) is 60.5 Å². The van der Waals surface area contributed by atoms with E-state index in [1.807, 2.05) is 51.1 Å². The monoisotopic (exact) mass is 679 g/mol. The summed E-state index contributed by atoms with van der Waals surface area (Å²) in [6.45, 7) is 4.63. The van der Waals surface area contributed by atoms with Crippen molar-refractivity contribution < 1.29 is 27.1 Å². The maximum atomic E-state index is 15.1. The number of carbonyl (C=O) groups excluding carboxylic acids is 2. The first-order valence-corrected chi connectivity index (χ1v) is 17.1. The Hall–Kier alpha value is -4.41. The van der Waals surface area contributed by atoms with Crippen LogP contribution in [0.5, 0.6) is 5.75 Å². The van der Waals surface area contributed by atoms with E-state index in [2.05, 4.69) is 5.32 Å². The van der Waals surface area contributed by atoms with Gasteiger partial charge >= 0.3 is 0 Å². The number of rotatable bonds is 14. The topological polar surface area (TPSA) is 96.0 Å². The minimum Gasteiger partial charge on any atom is -0.495 e. The molecule has 4 rings (SSSR count). The normalized spacial score (nSPS) is 12.6. The van der Waals surface area contributed by atoms with Crippen molar-refractivity contribution in [1.82, 2.24) is 10.2 Å². The number of nitrogens with one attached hydrogen (secondary N) is 1. The Labute approximate surface area is 281 Å². The summed E-state index contributed by atoms with van der Waals surface area (Å²) < 4.78 is 49.7. The van der Waals surface area contributed by atoms with E-state index < -0.39 is 40.2 Å². The number of ether oxygens (including phenoxy) is 1. The molecule has 0 aliphatic heterocycles. The zero-order chi connectivity index (χ0) is 34.1. The van der Waals surface area contributed by atoms with Gasteiger partial charge in [-0.3, -0.25) is 13.9 Å². The summed E-state index contributed by atoms with van der Waals surface area (Å²) in [6.07, 6.45) is 0.758. The zero-order valence-corrected chi connectivity index (χ0v) is 28.4. The third kappa shape index (κ3) is 8.90. The van der Waals surface area contributed by atoms with Crippen molar-refractivity contribution in [3.05, 3.63) is 125 Å². The average molecular weight is 680 g/mol. The summed E-state index contributed by atoms with van der Waals surface area (Å²) in [5, 5.41) is 3.10. The lowest BCUT2D eigenvalue weighted by molar-refractivity contribution is -0.140. The first kappa shape index (κ1) is 35.4. The number of hydrogen-bond donors (Lipinski definition) is 1. The Morgan fingerprint density at radius 3 is 2.23 bits per heavy atom. The van der Waals surface area contributed by atoms with Gasteiger partial charge in [0.05, 0.1) is 22.7 Å². The van der Waals surface area contributed by atoms with E-state index in [0.29, 0.717) is 12.2 Å². The average Bonchev–Trinajstić information content (AvgIpc) is 3.06. The number of aryl methyl sites for hydroxylation is 1. The molecule has 0 heterocycles. The van der Waals surface area contributed by atoms with Gasteiger partial charge in [0, 0.05) is 24.6 Å². The van der Waals surface area contributed by atoms with Crippen LogP contribution in [0.2, 0.25) is 5.02 Å². The predicted molar refractivity (Wildman–Crippen MR) is 182 cm³/mol. The Balaban J connectivity index is 1.84. The largest absolute Gasteiger partial charge is 0.495 e. The van der Waals surface area contributed by atoms with Crippen LogP contribution in [-0.4, -0.2) is 50.9 Å². The molecule has 8 nitrogen and oxygen atoms in total. The van der Waals surface area contributed by atoms with Crippen molar-refractivity contribution in [3.8, 4) is 5.75 Å². The first-order chi connectivity index (χ1) is 22.4. The summed E-state index contributed by atoms with van der Waals surface area (Å²) in [5.74, 6) is -1.39. The van der Waals surface area contributed by atoms with Gasteiger partial charge in [-0.2, -0.15) is 0 Å². The molecule has 47 heavy (non-hydrogen) atoms. The number of amides is 2. The SMILES string of the molecule is CC[C@@H](C)NC(=O)[C@@H](Cc1ccccc1)N(Cc1ccccc1F)C(=O)CN(c1ccc(OC)c(Cl)c1)S(=O)(=O)c1ccc(C)cc1. The molecule has 0 bridgehead atoms. The van der Waals surface area contributed by atoms with E-state index in [9.17, 15) is 18.0 Å². The molecule has 11 heteroatoms. The van der Waals surface area contributed by atoms with E-state index in [1.54, 1.807) is 18.2 Å². The second-order valence-corrected chi connectivity index (χ2v) is 13.5. The lowest BCUT2D eigenvalue weighted by Gasteiger charge is -2.34. The first-order valence-electron chi connectivity index (χ1n) is 15.2. The second kappa shape index (κ2) is 15.9. The zero-order valence-electron chi connectivity index (χ0n) is 26.8. The van der Waals surface area contributed by atoms with Gasteiger partial charge in [-0.05, 0) is 62.2 Å². The standard InChI is InChI=1S/C36H39ClFN3O5S/c1-5-26(3)39-36(43)33(21-27-11-7-6-8-12-27)40(23-28-13-9-10-14-32(28)38)35(42)24-41(29-17-20-34(46-4)31(37)22-29)47(44,45)30-18-15-25(2)16-19-30/h6-20,22,26,33H,5,21,23-24H2,1-4H3,(H,39,43)/t26-,33-/m1/s1. The van der Waals surface area contributed by atoms with Gasteiger partial charge in [0.2, 0.25) is 11.8 Å². The van der Waals surface area contributed by atoms with Gasteiger partial charge in [0.15, 0.2) is 0 Å². The van der Waals surface area contributed by atoms with Crippen molar-refractivity contribution in [3.63, 3.8) is 0 Å². The molecule has 248 valence electrons. The van der Waals surface area contributed by atoms with Gasteiger partial charge in [-0.25, -0.2) is 12.8 Å². The smallest absolute Gasteiger partial charge is 0.264 e. The van der Waals surface area contributed by atoms with Crippen LogP contribution < -0.4 is 14.4 Å². The number of methoxy groups -OCH3 is 1. The summed E-state index contributed by atoms with van der Waals surface area (Å²) in [6, 6.07) is 24.5. The van der Waals surface area contributed by atoms with Crippen LogP contribution >= 0.6 is 11.6 Å². The van der Waals surface area contributed by atoms with Gasteiger partial charge < -0.3 is 15.0 Å². The van der Waals surface area contributed by atoms with Crippen molar-refractivity contribution in [2.75, 3.05) is 18.0 Å². The number of hydrogen-bond acceptors (Lipinski definition) is 5. The highest BCUT2D eigenvalue weighted by Crippen LogP contribution is 2.32. The molecule has 4 aromatic rings. The highest BCUT2D eigenvalue weighted by atomic mass is 35.5. The van der Waals surface area contributed by atoms with Crippen molar-refractivity contribution in [2.45, 2.75) is 57.1 Å². The van der Waals surface area contributed by atoms with Crippen LogP contribution in [0, 0.1) is 12.7 Å². The van der Waals surface area contributed by atoms with Crippen molar-refractivity contribution in [2.24, 2.45) is 0 Å². The molecule has 0 saturated carbocycles. The number of benzene rings is 4. The second-order valence-electron chi connectivity index (χ2n) is 11.3. The van der Waals surface area contributed by atoms with Crippen LogP contribution in [0.4, 0.5) is 10.1 Å². The fraction of sp³-hybridized carbons (Fsp3) is 0.278. The molecular weight excluding hydrogens is 641 g/mol. The van der Waals surface area contributed by atoms with E-state index in [4.69, 9.17) is 16.3 Å².